The highest BCUT2D eigenvalue weighted by Crippen LogP contribution is 2.28. The fourth-order valence-electron chi connectivity index (χ4n) is 2.21. The first-order valence-electron chi connectivity index (χ1n) is 5.97. The van der Waals surface area contributed by atoms with Gasteiger partial charge in [-0.3, -0.25) is 0 Å². The van der Waals surface area contributed by atoms with Crippen LogP contribution in [0.4, 0.5) is 0 Å². The number of hydrogen-bond donors (Lipinski definition) is 0. The fourth-order valence-corrected chi connectivity index (χ4v) is 2.21. The van der Waals surface area contributed by atoms with Crippen molar-refractivity contribution in [2.45, 2.75) is 51.4 Å². The zero-order valence-corrected chi connectivity index (χ0v) is 10.2. The zero-order chi connectivity index (χ0) is 11.1. The molecule has 1 saturated carbocycles. The van der Waals surface area contributed by atoms with Crippen LogP contribution in [-0.2, 0) is 14.2 Å². The standard InChI is InChI=1S/C12H24O3/c1-4-10-6-5-7-11(8-10)15-9-12(13-2)14-3/h10-12H,4-9H2,1-3H3. The third kappa shape index (κ3) is 4.49. The molecular weight excluding hydrogens is 192 g/mol. The minimum atomic E-state index is -0.216. The van der Waals surface area contributed by atoms with Gasteiger partial charge < -0.3 is 14.2 Å². The monoisotopic (exact) mass is 216 g/mol. The van der Waals surface area contributed by atoms with Crippen LogP contribution in [0.5, 0.6) is 0 Å². The SMILES string of the molecule is CCC1CCCC(OCC(OC)OC)C1. The van der Waals surface area contributed by atoms with Gasteiger partial charge in [-0.2, -0.15) is 0 Å². The molecule has 0 aromatic carbocycles. The van der Waals surface area contributed by atoms with E-state index in [-0.39, 0.29) is 6.29 Å². The molecule has 0 aliphatic heterocycles. The van der Waals surface area contributed by atoms with Gasteiger partial charge in [-0.05, 0) is 18.8 Å². The van der Waals surface area contributed by atoms with Crippen molar-refractivity contribution in [3.05, 3.63) is 0 Å². The van der Waals surface area contributed by atoms with E-state index in [1.807, 2.05) is 0 Å². The summed E-state index contributed by atoms with van der Waals surface area (Å²) in [5.74, 6) is 0.854. The second-order valence-electron chi connectivity index (χ2n) is 4.30. The van der Waals surface area contributed by atoms with Crippen molar-refractivity contribution in [2.75, 3.05) is 20.8 Å². The summed E-state index contributed by atoms with van der Waals surface area (Å²) in [7, 11) is 3.29. The van der Waals surface area contributed by atoms with E-state index in [1.165, 1.54) is 32.1 Å². The molecule has 2 unspecified atom stereocenters. The first-order valence-corrected chi connectivity index (χ1v) is 5.97. The van der Waals surface area contributed by atoms with Gasteiger partial charge in [0.15, 0.2) is 6.29 Å². The van der Waals surface area contributed by atoms with Gasteiger partial charge in [-0.1, -0.05) is 26.2 Å². The van der Waals surface area contributed by atoms with Crippen LogP contribution in [-0.4, -0.2) is 33.2 Å². The van der Waals surface area contributed by atoms with Crippen molar-refractivity contribution >= 4 is 0 Å². The number of rotatable bonds is 6. The minimum absolute atomic E-state index is 0.216. The van der Waals surface area contributed by atoms with Crippen LogP contribution >= 0.6 is 0 Å². The lowest BCUT2D eigenvalue weighted by molar-refractivity contribution is -0.156. The van der Waals surface area contributed by atoms with Gasteiger partial charge in [0.1, 0.15) is 0 Å². The number of methoxy groups -OCH3 is 2. The Morgan fingerprint density at radius 3 is 2.53 bits per heavy atom. The van der Waals surface area contributed by atoms with Crippen LogP contribution in [0.3, 0.4) is 0 Å². The van der Waals surface area contributed by atoms with E-state index in [0.29, 0.717) is 12.7 Å². The van der Waals surface area contributed by atoms with E-state index in [4.69, 9.17) is 14.2 Å². The van der Waals surface area contributed by atoms with Crippen LogP contribution in [0, 0.1) is 5.92 Å². The average Bonchev–Trinajstić information content (AvgIpc) is 2.31. The summed E-state index contributed by atoms with van der Waals surface area (Å²) < 4.78 is 16.0. The molecule has 1 aliphatic rings. The molecule has 90 valence electrons. The Hall–Kier alpha value is -0.120. The Kier molecular flexibility index (Phi) is 6.22. The summed E-state index contributed by atoms with van der Waals surface area (Å²) >= 11 is 0. The highest BCUT2D eigenvalue weighted by molar-refractivity contribution is 4.72. The van der Waals surface area contributed by atoms with Gasteiger partial charge in [0, 0.05) is 14.2 Å². The van der Waals surface area contributed by atoms with Gasteiger partial charge in [-0.15, -0.1) is 0 Å². The van der Waals surface area contributed by atoms with E-state index >= 15 is 0 Å². The first-order chi connectivity index (χ1) is 7.30. The Labute approximate surface area is 93.1 Å². The molecule has 0 saturated heterocycles. The van der Waals surface area contributed by atoms with Crippen LogP contribution in [0.2, 0.25) is 0 Å². The van der Waals surface area contributed by atoms with Crippen LogP contribution in [0.15, 0.2) is 0 Å². The normalized spacial score (nSPS) is 27.2. The molecule has 0 radical (unpaired) electrons. The lowest BCUT2D eigenvalue weighted by atomic mass is 9.85. The Morgan fingerprint density at radius 1 is 1.20 bits per heavy atom. The number of ether oxygens (including phenoxy) is 3. The summed E-state index contributed by atoms with van der Waals surface area (Å²) in [4.78, 5) is 0. The third-order valence-electron chi connectivity index (χ3n) is 3.31. The van der Waals surface area contributed by atoms with Gasteiger partial charge in [-0.25, -0.2) is 0 Å². The van der Waals surface area contributed by atoms with Crippen molar-refractivity contribution in [3.63, 3.8) is 0 Å². The van der Waals surface area contributed by atoms with E-state index < -0.39 is 0 Å². The molecule has 1 aliphatic carbocycles. The van der Waals surface area contributed by atoms with Crippen molar-refractivity contribution < 1.29 is 14.2 Å². The molecule has 0 spiro atoms. The van der Waals surface area contributed by atoms with Crippen LogP contribution < -0.4 is 0 Å². The first kappa shape index (κ1) is 12.9. The molecule has 1 fully saturated rings. The second kappa shape index (κ2) is 7.20. The maximum Gasteiger partial charge on any atom is 0.180 e. The van der Waals surface area contributed by atoms with Crippen molar-refractivity contribution in [1.82, 2.24) is 0 Å². The molecule has 2 atom stereocenters. The van der Waals surface area contributed by atoms with E-state index in [1.54, 1.807) is 14.2 Å². The molecule has 0 aromatic heterocycles. The quantitative estimate of drug-likeness (QED) is 0.639. The molecule has 3 heteroatoms. The lowest BCUT2D eigenvalue weighted by Crippen LogP contribution is -2.28. The van der Waals surface area contributed by atoms with E-state index in [0.717, 1.165) is 5.92 Å². The van der Waals surface area contributed by atoms with Crippen LogP contribution in [0.1, 0.15) is 39.0 Å². The molecule has 0 bridgehead atoms. The predicted octanol–water partition coefficient (Wildman–Crippen LogP) is 2.59. The summed E-state index contributed by atoms with van der Waals surface area (Å²) in [6.45, 7) is 2.81. The Morgan fingerprint density at radius 2 is 1.93 bits per heavy atom. The molecule has 1 rings (SSSR count). The number of hydrogen-bond acceptors (Lipinski definition) is 3. The van der Waals surface area contributed by atoms with Crippen molar-refractivity contribution in [3.8, 4) is 0 Å². The van der Waals surface area contributed by atoms with Gasteiger partial charge in [0.2, 0.25) is 0 Å². The summed E-state index contributed by atoms with van der Waals surface area (Å²) in [5, 5.41) is 0. The lowest BCUT2D eigenvalue weighted by Gasteiger charge is -2.29. The molecule has 15 heavy (non-hydrogen) atoms. The maximum absolute atomic E-state index is 5.81. The minimum Gasteiger partial charge on any atom is -0.373 e. The second-order valence-corrected chi connectivity index (χ2v) is 4.30. The molecule has 3 nitrogen and oxygen atoms in total. The molecule has 0 heterocycles. The van der Waals surface area contributed by atoms with Crippen molar-refractivity contribution in [2.24, 2.45) is 5.92 Å². The summed E-state index contributed by atoms with van der Waals surface area (Å²) in [5.41, 5.74) is 0. The molecule has 0 amide bonds. The van der Waals surface area contributed by atoms with Crippen LogP contribution in [0.25, 0.3) is 0 Å². The summed E-state index contributed by atoms with van der Waals surface area (Å²) in [6.07, 6.45) is 6.54. The third-order valence-corrected chi connectivity index (χ3v) is 3.31. The van der Waals surface area contributed by atoms with E-state index in [9.17, 15) is 0 Å². The largest absolute Gasteiger partial charge is 0.373 e. The molecule has 0 N–H and O–H groups in total. The highest BCUT2D eigenvalue weighted by Gasteiger charge is 2.22. The summed E-state index contributed by atoms with van der Waals surface area (Å²) in [6, 6.07) is 0. The Bertz CT molecular complexity index is 157. The van der Waals surface area contributed by atoms with Gasteiger partial charge in [0.05, 0.1) is 12.7 Å². The average molecular weight is 216 g/mol. The fraction of sp³-hybridized carbons (Fsp3) is 1.00. The maximum atomic E-state index is 5.81. The van der Waals surface area contributed by atoms with Gasteiger partial charge in [0.25, 0.3) is 0 Å². The van der Waals surface area contributed by atoms with Gasteiger partial charge >= 0.3 is 0 Å². The topological polar surface area (TPSA) is 27.7 Å². The Balaban J connectivity index is 2.20. The predicted molar refractivity (Wildman–Crippen MR) is 59.8 cm³/mol. The smallest absolute Gasteiger partial charge is 0.180 e. The van der Waals surface area contributed by atoms with E-state index in [2.05, 4.69) is 6.92 Å². The highest BCUT2D eigenvalue weighted by atomic mass is 16.7. The zero-order valence-electron chi connectivity index (χ0n) is 10.2. The van der Waals surface area contributed by atoms with Crippen molar-refractivity contribution in [1.29, 1.82) is 0 Å². The molecule has 0 aromatic rings. The molecular formula is C12H24O3.